The van der Waals surface area contributed by atoms with Crippen molar-refractivity contribution in [2.75, 3.05) is 44.4 Å². The van der Waals surface area contributed by atoms with Crippen LogP contribution in [0, 0.1) is 0 Å². The molecule has 0 aliphatic rings. The van der Waals surface area contributed by atoms with Gasteiger partial charge in [0.25, 0.3) is 0 Å². The van der Waals surface area contributed by atoms with E-state index in [4.69, 9.17) is 26.8 Å². The van der Waals surface area contributed by atoms with Crippen molar-refractivity contribution in [2.45, 2.75) is 20.4 Å². The fourth-order valence-corrected chi connectivity index (χ4v) is 2.12. The SMILES string of the molecule is CCOCCN(CCOCC)c1nccc(CN)c1Cl. The molecule has 0 spiro atoms. The summed E-state index contributed by atoms with van der Waals surface area (Å²) < 4.78 is 10.8. The van der Waals surface area contributed by atoms with Crippen LogP contribution < -0.4 is 10.6 Å². The average Bonchev–Trinajstić information content (AvgIpc) is 2.46. The Morgan fingerprint density at radius 1 is 1.20 bits per heavy atom. The Bertz CT molecular complexity index is 381. The maximum atomic E-state index is 6.36. The first-order chi connectivity index (χ1) is 9.74. The maximum Gasteiger partial charge on any atom is 0.147 e. The molecule has 1 heterocycles. The monoisotopic (exact) mass is 301 g/mol. The molecule has 0 aliphatic carbocycles. The molecule has 2 N–H and O–H groups in total. The zero-order chi connectivity index (χ0) is 14.8. The Morgan fingerprint density at radius 2 is 1.80 bits per heavy atom. The van der Waals surface area contributed by atoms with E-state index < -0.39 is 0 Å². The number of nitrogens with two attached hydrogens (primary N) is 1. The van der Waals surface area contributed by atoms with Crippen LogP contribution in [0.15, 0.2) is 12.3 Å². The van der Waals surface area contributed by atoms with Crippen molar-refractivity contribution < 1.29 is 9.47 Å². The van der Waals surface area contributed by atoms with E-state index in [2.05, 4.69) is 9.88 Å². The van der Waals surface area contributed by atoms with Gasteiger partial charge in [-0.3, -0.25) is 0 Å². The molecule has 1 rings (SSSR count). The molecule has 0 amide bonds. The molecule has 5 nitrogen and oxygen atoms in total. The lowest BCUT2D eigenvalue weighted by Crippen LogP contribution is -2.32. The second kappa shape index (κ2) is 9.94. The average molecular weight is 302 g/mol. The number of hydrogen-bond acceptors (Lipinski definition) is 5. The highest BCUT2D eigenvalue weighted by Gasteiger charge is 2.14. The largest absolute Gasteiger partial charge is 0.380 e. The Morgan fingerprint density at radius 3 is 2.30 bits per heavy atom. The molecule has 20 heavy (non-hydrogen) atoms. The van der Waals surface area contributed by atoms with Gasteiger partial charge in [0.05, 0.1) is 18.2 Å². The topological polar surface area (TPSA) is 60.6 Å². The summed E-state index contributed by atoms with van der Waals surface area (Å²) in [7, 11) is 0. The Labute approximate surface area is 126 Å². The summed E-state index contributed by atoms with van der Waals surface area (Å²) in [5.41, 5.74) is 6.58. The number of hydrogen-bond donors (Lipinski definition) is 1. The Balaban J connectivity index is 2.79. The van der Waals surface area contributed by atoms with Crippen LogP contribution >= 0.6 is 11.6 Å². The van der Waals surface area contributed by atoms with E-state index in [1.165, 1.54) is 0 Å². The molecule has 0 radical (unpaired) electrons. The lowest BCUT2D eigenvalue weighted by Gasteiger charge is -2.25. The van der Waals surface area contributed by atoms with E-state index in [-0.39, 0.29) is 0 Å². The van der Waals surface area contributed by atoms with Crippen molar-refractivity contribution in [2.24, 2.45) is 5.73 Å². The second-order valence-electron chi connectivity index (χ2n) is 4.19. The van der Waals surface area contributed by atoms with Crippen LogP contribution in [0.4, 0.5) is 5.82 Å². The van der Waals surface area contributed by atoms with Crippen LogP contribution in [0.25, 0.3) is 0 Å². The van der Waals surface area contributed by atoms with Crippen molar-refractivity contribution in [3.05, 3.63) is 22.8 Å². The van der Waals surface area contributed by atoms with Crippen molar-refractivity contribution in [3.63, 3.8) is 0 Å². The molecule has 0 aliphatic heterocycles. The van der Waals surface area contributed by atoms with E-state index in [1.54, 1.807) is 6.20 Å². The number of halogens is 1. The fraction of sp³-hybridized carbons (Fsp3) is 0.643. The first-order valence-electron chi connectivity index (χ1n) is 6.98. The molecule has 0 bridgehead atoms. The minimum atomic E-state index is 0.402. The van der Waals surface area contributed by atoms with Gasteiger partial charge in [-0.1, -0.05) is 11.6 Å². The summed E-state index contributed by atoms with van der Waals surface area (Å²) in [6, 6.07) is 1.84. The van der Waals surface area contributed by atoms with Gasteiger partial charge in [-0.2, -0.15) is 0 Å². The van der Waals surface area contributed by atoms with Gasteiger partial charge >= 0.3 is 0 Å². The molecule has 0 aromatic carbocycles. The van der Waals surface area contributed by atoms with Crippen LogP contribution in [-0.2, 0) is 16.0 Å². The lowest BCUT2D eigenvalue weighted by molar-refractivity contribution is 0.141. The number of pyridine rings is 1. The quantitative estimate of drug-likeness (QED) is 0.670. The van der Waals surface area contributed by atoms with Gasteiger partial charge in [-0.25, -0.2) is 4.98 Å². The van der Waals surface area contributed by atoms with Gasteiger partial charge in [0.1, 0.15) is 5.82 Å². The third-order valence-corrected chi connectivity index (χ3v) is 3.30. The van der Waals surface area contributed by atoms with Gasteiger partial charge in [0.15, 0.2) is 0 Å². The maximum absolute atomic E-state index is 6.36. The number of ether oxygens (including phenoxy) is 2. The van der Waals surface area contributed by atoms with Crippen molar-refractivity contribution in [1.82, 2.24) is 4.98 Å². The van der Waals surface area contributed by atoms with Gasteiger partial charge in [0, 0.05) is 39.0 Å². The van der Waals surface area contributed by atoms with Crippen LogP contribution in [-0.4, -0.2) is 44.5 Å². The van der Waals surface area contributed by atoms with Gasteiger partial charge < -0.3 is 20.1 Å². The predicted molar refractivity (Wildman–Crippen MR) is 82.3 cm³/mol. The van der Waals surface area contributed by atoms with Gasteiger partial charge in [0.2, 0.25) is 0 Å². The van der Waals surface area contributed by atoms with Crippen molar-refractivity contribution in [1.29, 1.82) is 0 Å². The zero-order valence-electron chi connectivity index (χ0n) is 12.3. The van der Waals surface area contributed by atoms with E-state index in [0.29, 0.717) is 38.0 Å². The highest BCUT2D eigenvalue weighted by molar-refractivity contribution is 6.33. The molecule has 0 unspecified atom stereocenters. The third kappa shape index (κ3) is 5.25. The molecule has 0 fully saturated rings. The summed E-state index contributed by atoms with van der Waals surface area (Å²) in [5.74, 6) is 0.744. The highest BCUT2D eigenvalue weighted by atomic mass is 35.5. The summed E-state index contributed by atoms with van der Waals surface area (Å²) in [5, 5.41) is 0.614. The fourth-order valence-electron chi connectivity index (χ4n) is 1.81. The first-order valence-corrected chi connectivity index (χ1v) is 7.36. The van der Waals surface area contributed by atoms with E-state index in [0.717, 1.165) is 24.5 Å². The number of rotatable bonds is 10. The molecular formula is C14H24ClN3O2. The van der Waals surface area contributed by atoms with Crippen LogP contribution in [0.5, 0.6) is 0 Å². The molecular weight excluding hydrogens is 278 g/mol. The van der Waals surface area contributed by atoms with Crippen molar-refractivity contribution in [3.8, 4) is 0 Å². The van der Waals surface area contributed by atoms with Crippen LogP contribution in [0.1, 0.15) is 19.4 Å². The Kier molecular flexibility index (Phi) is 8.53. The second-order valence-corrected chi connectivity index (χ2v) is 4.57. The zero-order valence-corrected chi connectivity index (χ0v) is 13.0. The van der Waals surface area contributed by atoms with Crippen LogP contribution in [0.2, 0.25) is 5.02 Å². The Hall–Kier alpha value is -0.880. The van der Waals surface area contributed by atoms with E-state index in [9.17, 15) is 0 Å². The first kappa shape index (κ1) is 17.2. The van der Waals surface area contributed by atoms with Crippen molar-refractivity contribution >= 4 is 17.4 Å². The number of aromatic nitrogens is 1. The normalized spacial score (nSPS) is 10.8. The number of nitrogens with zero attached hydrogens (tertiary/aromatic N) is 2. The lowest BCUT2D eigenvalue weighted by atomic mass is 10.2. The predicted octanol–water partition coefficient (Wildman–Crippen LogP) is 2.07. The molecule has 0 saturated heterocycles. The summed E-state index contributed by atoms with van der Waals surface area (Å²) in [6.45, 7) is 8.46. The van der Waals surface area contributed by atoms with Gasteiger partial charge in [-0.15, -0.1) is 0 Å². The van der Waals surface area contributed by atoms with E-state index in [1.807, 2.05) is 19.9 Å². The third-order valence-electron chi connectivity index (χ3n) is 2.89. The highest BCUT2D eigenvalue weighted by Crippen LogP contribution is 2.26. The minimum Gasteiger partial charge on any atom is -0.380 e. The van der Waals surface area contributed by atoms with E-state index >= 15 is 0 Å². The molecule has 0 atom stereocenters. The standard InChI is InChI=1S/C14H24ClN3O2/c1-3-19-9-7-18(8-10-20-4-2)14-13(15)12(11-16)5-6-17-14/h5-6H,3-4,7-11,16H2,1-2H3. The summed E-state index contributed by atoms with van der Waals surface area (Å²) >= 11 is 6.36. The van der Waals surface area contributed by atoms with Gasteiger partial charge in [-0.05, 0) is 25.5 Å². The molecule has 6 heteroatoms. The smallest absolute Gasteiger partial charge is 0.147 e. The molecule has 0 saturated carbocycles. The summed E-state index contributed by atoms with van der Waals surface area (Å²) in [4.78, 5) is 6.45. The molecule has 1 aromatic heterocycles. The van der Waals surface area contributed by atoms with Crippen LogP contribution in [0.3, 0.4) is 0 Å². The minimum absolute atomic E-state index is 0.402. The number of anilines is 1. The molecule has 114 valence electrons. The summed E-state index contributed by atoms with van der Waals surface area (Å²) in [6.07, 6.45) is 1.73. The molecule has 1 aromatic rings.